The fourth-order valence-electron chi connectivity index (χ4n) is 8.37. The number of nitrogens with zero attached hydrogens (tertiary/aromatic N) is 8. The van der Waals surface area contributed by atoms with Crippen LogP contribution in [0.3, 0.4) is 0 Å². The number of carbonyl (C=O) groups is 3. The van der Waals surface area contributed by atoms with Crippen molar-refractivity contribution < 1.29 is 19.1 Å². The Balaban J connectivity index is 0.800. The fraction of sp³-hybridized carbons (Fsp3) is 0.400. The number of methoxy groups -OCH3 is 1. The summed E-state index contributed by atoms with van der Waals surface area (Å²) in [5.74, 6) is 1.10. The highest BCUT2D eigenvalue weighted by Gasteiger charge is 2.33. The van der Waals surface area contributed by atoms with Gasteiger partial charge in [-0.3, -0.25) is 24.3 Å². The van der Waals surface area contributed by atoms with Gasteiger partial charge in [0.1, 0.15) is 17.1 Å². The van der Waals surface area contributed by atoms with Crippen molar-refractivity contribution in [1.29, 1.82) is 0 Å². The summed E-state index contributed by atoms with van der Waals surface area (Å²) in [6.45, 7) is 6.50. The molecule has 0 radical (unpaired) electrons. The van der Waals surface area contributed by atoms with Crippen molar-refractivity contribution in [2.75, 3.05) is 70.7 Å². The second-order valence-electron chi connectivity index (χ2n) is 15.9. The zero-order chi connectivity index (χ0) is 40.2. The van der Waals surface area contributed by atoms with Crippen LogP contribution in [0.2, 0.25) is 0 Å². The number of rotatable bonds is 13. The van der Waals surface area contributed by atoms with E-state index in [0.29, 0.717) is 24.6 Å². The number of ether oxygens (including phenoxy) is 1. The summed E-state index contributed by atoms with van der Waals surface area (Å²) in [7, 11) is 5.19. The van der Waals surface area contributed by atoms with Crippen molar-refractivity contribution in [3.8, 4) is 5.75 Å². The minimum absolute atomic E-state index is 0.0110. The van der Waals surface area contributed by atoms with Crippen molar-refractivity contribution in [2.24, 2.45) is 0 Å². The van der Waals surface area contributed by atoms with E-state index < -0.39 is 0 Å². The monoisotopic (exact) mass is 783 g/mol. The van der Waals surface area contributed by atoms with Gasteiger partial charge in [-0.05, 0) is 78.4 Å². The van der Waals surface area contributed by atoms with Crippen molar-refractivity contribution >= 4 is 46.2 Å². The lowest BCUT2D eigenvalue weighted by Gasteiger charge is -2.35. The molecule has 58 heavy (non-hydrogen) atoms. The van der Waals surface area contributed by atoms with Gasteiger partial charge in [0, 0.05) is 95.3 Å². The first kappa shape index (κ1) is 39.1. The Hall–Kier alpha value is -5.79. The van der Waals surface area contributed by atoms with Gasteiger partial charge in [-0.1, -0.05) is 49.2 Å². The van der Waals surface area contributed by atoms with Gasteiger partial charge >= 0.3 is 6.03 Å². The van der Waals surface area contributed by atoms with E-state index in [2.05, 4.69) is 61.1 Å². The Labute approximate surface area is 340 Å². The molecule has 4 heterocycles. The number of hydrogen-bond acceptors (Lipinski definition) is 9. The van der Waals surface area contributed by atoms with Gasteiger partial charge in [0.25, 0.3) is 5.91 Å². The van der Waals surface area contributed by atoms with E-state index in [4.69, 9.17) is 9.72 Å². The van der Waals surface area contributed by atoms with E-state index in [1.807, 2.05) is 48.7 Å². The van der Waals surface area contributed by atoms with Gasteiger partial charge in [-0.15, -0.1) is 0 Å². The molecule has 3 fully saturated rings. The SMILES string of the molecule is COc1ccc(CN2C(=O)CCN(c3ccc(CN4CCN(CCc5ccc(Nc6ncc7cc(C(=O)N(C)C)n(C8CCCC8)c7n6)cc5)CC4)cc3)C2=O)cc1. The van der Waals surface area contributed by atoms with Gasteiger partial charge in [0.05, 0.1) is 13.7 Å². The van der Waals surface area contributed by atoms with E-state index in [1.165, 1.54) is 28.9 Å². The molecule has 2 aromatic heterocycles. The summed E-state index contributed by atoms with van der Waals surface area (Å²) >= 11 is 0. The molecule has 3 aromatic carbocycles. The van der Waals surface area contributed by atoms with Crippen LogP contribution in [0.15, 0.2) is 85.1 Å². The van der Waals surface area contributed by atoms with E-state index in [1.54, 1.807) is 31.0 Å². The normalized spacial score (nSPS) is 17.0. The van der Waals surface area contributed by atoms with E-state index in [0.717, 1.165) is 92.3 Å². The smallest absolute Gasteiger partial charge is 0.331 e. The van der Waals surface area contributed by atoms with Crippen molar-refractivity contribution in [3.05, 3.63) is 107 Å². The maximum Gasteiger partial charge on any atom is 0.331 e. The average Bonchev–Trinajstić information content (AvgIpc) is 3.91. The number of anilines is 3. The number of fused-ring (bicyclic) bond motifs is 1. The molecule has 0 bridgehead atoms. The molecule has 13 nitrogen and oxygen atoms in total. The second-order valence-corrected chi connectivity index (χ2v) is 15.9. The summed E-state index contributed by atoms with van der Waals surface area (Å²) in [5.41, 5.74) is 6.59. The zero-order valence-electron chi connectivity index (χ0n) is 33.8. The molecule has 0 spiro atoms. The van der Waals surface area contributed by atoms with Crippen molar-refractivity contribution in [2.45, 2.75) is 57.7 Å². The lowest BCUT2D eigenvalue weighted by atomic mass is 10.1. The molecule has 2 aliphatic heterocycles. The van der Waals surface area contributed by atoms with Crippen molar-refractivity contribution in [3.63, 3.8) is 0 Å². The van der Waals surface area contributed by atoms with Crippen LogP contribution in [-0.4, -0.2) is 112 Å². The number of piperazine rings is 1. The minimum atomic E-state index is -0.286. The number of urea groups is 1. The van der Waals surface area contributed by atoms with Crippen LogP contribution >= 0.6 is 0 Å². The van der Waals surface area contributed by atoms with E-state index in [9.17, 15) is 14.4 Å². The Bertz CT molecular complexity index is 2220. The summed E-state index contributed by atoms with van der Waals surface area (Å²) in [4.78, 5) is 58.4. The minimum Gasteiger partial charge on any atom is -0.497 e. The highest BCUT2D eigenvalue weighted by atomic mass is 16.5. The van der Waals surface area contributed by atoms with Gasteiger partial charge in [0.2, 0.25) is 11.9 Å². The first-order valence-electron chi connectivity index (χ1n) is 20.5. The number of nitrogens with one attached hydrogen (secondary N) is 1. The molecule has 2 saturated heterocycles. The number of carbonyl (C=O) groups excluding carboxylic acids is 3. The van der Waals surface area contributed by atoms with Crippen LogP contribution in [0.1, 0.15) is 65.3 Å². The van der Waals surface area contributed by atoms with Crippen LogP contribution in [-0.2, 0) is 24.3 Å². The predicted octanol–water partition coefficient (Wildman–Crippen LogP) is 6.72. The maximum absolute atomic E-state index is 13.4. The highest BCUT2D eigenvalue weighted by molar-refractivity contribution is 6.05. The number of amides is 4. The summed E-state index contributed by atoms with van der Waals surface area (Å²) < 4.78 is 7.38. The summed E-state index contributed by atoms with van der Waals surface area (Å²) in [6, 6.07) is 26.1. The molecule has 302 valence electrons. The second kappa shape index (κ2) is 17.4. The average molecular weight is 784 g/mol. The molecule has 0 unspecified atom stereocenters. The highest BCUT2D eigenvalue weighted by Crippen LogP contribution is 2.35. The van der Waals surface area contributed by atoms with Gasteiger partial charge in [-0.25, -0.2) is 9.78 Å². The fourth-order valence-corrected chi connectivity index (χ4v) is 8.37. The molecule has 1 N–H and O–H groups in total. The third-order valence-corrected chi connectivity index (χ3v) is 11.7. The molecule has 1 saturated carbocycles. The van der Waals surface area contributed by atoms with Gasteiger partial charge < -0.3 is 24.4 Å². The molecular formula is C45H53N9O4. The number of imide groups is 1. The first-order chi connectivity index (χ1) is 28.2. The van der Waals surface area contributed by atoms with Crippen LogP contribution in [0.4, 0.5) is 22.1 Å². The number of hydrogen-bond donors (Lipinski definition) is 1. The quantitative estimate of drug-likeness (QED) is 0.139. The molecule has 3 aliphatic rings. The Morgan fingerprint density at radius 3 is 2.17 bits per heavy atom. The maximum atomic E-state index is 13.4. The Morgan fingerprint density at radius 2 is 1.48 bits per heavy atom. The largest absolute Gasteiger partial charge is 0.497 e. The van der Waals surface area contributed by atoms with Crippen LogP contribution < -0.4 is 15.0 Å². The zero-order valence-corrected chi connectivity index (χ0v) is 33.8. The lowest BCUT2D eigenvalue weighted by Crippen LogP contribution is -2.52. The molecule has 0 atom stereocenters. The van der Waals surface area contributed by atoms with Gasteiger partial charge in [0.15, 0.2) is 0 Å². The summed E-state index contributed by atoms with van der Waals surface area (Å²) in [5, 5.41) is 4.27. The number of benzene rings is 3. The molecule has 5 aromatic rings. The number of aromatic nitrogens is 3. The Kier molecular flexibility index (Phi) is 11.7. The molecular weight excluding hydrogens is 731 g/mol. The molecule has 1 aliphatic carbocycles. The van der Waals surface area contributed by atoms with Crippen molar-refractivity contribution in [1.82, 2.24) is 34.1 Å². The predicted molar refractivity (Wildman–Crippen MR) is 226 cm³/mol. The topological polar surface area (TPSA) is 119 Å². The third-order valence-electron chi connectivity index (χ3n) is 11.7. The Morgan fingerprint density at radius 1 is 0.828 bits per heavy atom. The lowest BCUT2D eigenvalue weighted by molar-refractivity contribution is -0.129. The third kappa shape index (κ3) is 8.70. The van der Waals surface area contributed by atoms with Crippen LogP contribution in [0.25, 0.3) is 11.0 Å². The van der Waals surface area contributed by atoms with Gasteiger partial charge in [-0.2, -0.15) is 4.98 Å². The first-order valence-corrected chi connectivity index (χ1v) is 20.5. The molecule has 4 amide bonds. The molecule has 8 rings (SSSR count). The standard InChI is InChI=1S/C45H53N9O4/c1-49(2)43(56)40-28-35-29-46-44(48-42(35)54(40)38-6-4-5-7-38)47-36-14-8-32(9-15-36)20-22-50-24-26-51(27-25-50)30-33-10-16-37(17-11-33)52-23-21-41(55)53(45(52)57)31-34-12-18-39(58-3)19-13-34/h8-19,28-29,38H,4-7,20-27,30-31H2,1-3H3,(H,46,47,48). The molecule has 13 heteroatoms. The van der Waals surface area contributed by atoms with E-state index >= 15 is 0 Å². The van der Waals surface area contributed by atoms with Crippen LogP contribution in [0, 0.1) is 0 Å². The van der Waals surface area contributed by atoms with Crippen LogP contribution in [0.5, 0.6) is 5.75 Å². The van der Waals surface area contributed by atoms with E-state index in [-0.39, 0.29) is 30.4 Å². The summed E-state index contributed by atoms with van der Waals surface area (Å²) in [6.07, 6.45) is 7.52.